The molecule has 8 nitrogen and oxygen atoms in total. The van der Waals surface area contributed by atoms with Gasteiger partial charge in [-0.25, -0.2) is 9.97 Å². The smallest absolute Gasteiger partial charge is 0.503 e. The fourth-order valence-corrected chi connectivity index (χ4v) is 6.26. The maximum absolute atomic E-state index is 6.31. The summed E-state index contributed by atoms with van der Waals surface area (Å²) >= 11 is 1.53. The Morgan fingerprint density at radius 2 is 1.06 bits per heavy atom. The Balaban J connectivity index is 0.00000210. The van der Waals surface area contributed by atoms with Crippen LogP contribution in [0.1, 0.15) is 0 Å². The zero-order valence-corrected chi connectivity index (χ0v) is 30.7. The van der Waals surface area contributed by atoms with Gasteiger partial charge in [-0.15, -0.1) is 83.1 Å². The van der Waals surface area contributed by atoms with Gasteiger partial charge in [0.1, 0.15) is 0 Å². The second-order valence-electron chi connectivity index (χ2n) is 11.1. The molecule has 0 radical (unpaired) electrons. The minimum absolute atomic E-state index is 0. The summed E-state index contributed by atoms with van der Waals surface area (Å²) < 4.78 is 14.5. The Morgan fingerprint density at radius 3 is 1.54 bits per heavy atom. The summed E-state index contributed by atoms with van der Waals surface area (Å²) in [7, 11) is 0. The van der Waals surface area contributed by atoms with E-state index in [4.69, 9.17) is 19.4 Å². The van der Waals surface area contributed by atoms with Crippen molar-refractivity contribution in [3.63, 3.8) is 0 Å². The van der Waals surface area contributed by atoms with E-state index in [0.717, 1.165) is 54.8 Å². The van der Waals surface area contributed by atoms with Gasteiger partial charge in [0, 0.05) is 59.5 Å². The molecule has 0 saturated carbocycles. The van der Waals surface area contributed by atoms with Crippen LogP contribution in [0.25, 0.3) is 60.7 Å². The zero-order chi connectivity index (χ0) is 33.3. The van der Waals surface area contributed by atoms with E-state index in [-0.39, 0.29) is 40.8 Å². The van der Waals surface area contributed by atoms with E-state index in [2.05, 4.69) is 39.2 Å². The van der Waals surface area contributed by atoms with Crippen LogP contribution in [0.3, 0.4) is 0 Å². The normalized spacial score (nSPS) is 10.8. The van der Waals surface area contributed by atoms with E-state index in [1.54, 1.807) is 36.5 Å². The fourth-order valence-electron chi connectivity index (χ4n) is 5.66. The van der Waals surface area contributed by atoms with Gasteiger partial charge in [-0.2, -0.15) is 22.9 Å². The van der Waals surface area contributed by atoms with Gasteiger partial charge in [-0.1, -0.05) is 47.4 Å². The molecule has 5 aromatic heterocycles. The van der Waals surface area contributed by atoms with Crippen LogP contribution in [0.5, 0.6) is 23.0 Å². The Bertz CT molecular complexity index is 2460. The molecule has 0 amide bonds. The van der Waals surface area contributed by atoms with Crippen molar-refractivity contribution in [1.82, 2.24) is 29.5 Å². The van der Waals surface area contributed by atoms with Crippen molar-refractivity contribution in [1.29, 1.82) is 0 Å². The molecule has 4 aromatic carbocycles. The number of thiazole rings is 1. The summed E-state index contributed by atoms with van der Waals surface area (Å²) in [6, 6.07) is 44.4. The second-order valence-corrected chi connectivity index (χ2v) is 12.0. The van der Waals surface area contributed by atoms with Crippen molar-refractivity contribution in [2.75, 3.05) is 0 Å². The van der Waals surface area contributed by atoms with Crippen LogP contribution >= 0.6 is 11.3 Å². The van der Waals surface area contributed by atoms with Gasteiger partial charge in [0.2, 0.25) is 5.95 Å². The van der Waals surface area contributed by atoms with Gasteiger partial charge in [0.05, 0.1) is 10.4 Å². The van der Waals surface area contributed by atoms with E-state index in [9.17, 15) is 0 Å². The van der Waals surface area contributed by atoms with Crippen LogP contribution in [0.15, 0.2) is 134 Å². The molecule has 0 spiro atoms. The van der Waals surface area contributed by atoms with E-state index < -0.39 is 0 Å². The molecule has 0 aliphatic heterocycles. The summed E-state index contributed by atoms with van der Waals surface area (Å²) in [5.74, 6) is 2.56. The quantitative estimate of drug-likeness (QED) is 0.111. The molecule has 0 bridgehead atoms. The molecule has 254 valence electrons. The number of ether oxygens (including phenoxy) is 2. The molecule has 0 N–H and O–H groups in total. The van der Waals surface area contributed by atoms with Crippen molar-refractivity contribution < 1.29 is 50.3 Å². The molecule has 0 atom stereocenters. The Kier molecular flexibility index (Phi) is 10.4. The van der Waals surface area contributed by atoms with E-state index in [0.29, 0.717) is 28.9 Å². The first kappa shape index (κ1) is 35.0. The molecule has 0 unspecified atom stereocenters. The molecule has 0 fully saturated rings. The number of benzene rings is 4. The number of aromatic nitrogens is 6. The van der Waals surface area contributed by atoms with Crippen LogP contribution in [0.2, 0.25) is 0 Å². The third-order valence-electron chi connectivity index (χ3n) is 7.95. The first-order valence-electron chi connectivity index (χ1n) is 15.6. The second kappa shape index (κ2) is 15.5. The molecular formula is C41H22N6O2Pd2S. The van der Waals surface area contributed by atoms with E-state index in [1.165, 1.54) is 11.3 Å². The van der Waals surface area contributed by atoms with Crippen molar-refractivity contribution in [3.8, 4) is 61.9 Å². The maximum atomic E-state index is 6.31. The van der Waals surface area contributed by atoms with Crippen LogP contribution in [0, 0.1) is 24.3 Å². The van der Waals surface area contributed by atoms with Crippen molar-refractivity contribution in [3.05, 3.63) is 158 Å². The molecule has 5 heterocycles. The maximum Gasteiger partial charge on any atom is 2.00 e. The van der Waals surface area contributed by atoms with Crippen LogP contribution in [0.4, 0.5) is 0 Å². The predicted octanol–water partition coefficient (Wildman–Crippen LogP) is 9.60. The average Bonchev–Trinajstić information content (AvgIpc) is 3.83. The van der Waals surface area contributed by atoms with Gasteiger partial charge >= 0.3 is 40.8 Å². The molecular weight excluding hydrogens is 853 g/mol. The molecule has 9 rings (SSSR count). The summed E-state index contributed by atoms with van der Waals surface area (Å²) in [5.41, 5.74) is 7.40. The number of fused-ring (bicyclic) bond motifs is 3. The molecule has 0 aliphatic rings. The Labute approximate surface area is 330 Å². The van der Waals surface area contributed by atoms with Crippen LogP contribution in [-0.4, -0.2) is 29.5 Å². The largest absolute Gasteiger partial charge is 2.00 e. The monoisotopic (exact) mass is 874 g/mol. The average molecular weight is 876 g/mol. The third kappa shape index (κ3) is 7.06. The molecule has 9 aromatic rings. The Morgan fingerprint density at radius 1 is 0.519 bits per heavy atom. The van der Waals surface area contributed by atoms with Crippen LogP contribution in [-0.2, 0) is 40.8 Å². The zero-order valence-electron chi connectivity index (χ0n) is 26.7. The van der Waals surface area contributed by atoms with Crippen molar-refractivity contribution in [2.45, 2.75) is 0 Å². The van der Waals surface area contributed by atoms with Gasteiger partial charge in [0.25, 0.3) is 0 Å². The Hall–Kier alpha value is -5.39. The molecule has 52 heavy (non-hydrogen) atoms. The summed E-state index contributed by atoms with van der Waals surface area (Å²) in [6.07, 6.45) is 8.91. The number of rotatable bonds is 8. The number of hydrogen-bond donors (Lipinski definition) is 0. The third-order valence-corrected chi connectivity index (χ3v) is 8.77. The van der Waals surface area contributed by atoms with Gasteiger partial charge in [-0.05, 0) is 23.5 Å². The fraction of sp³-hybridized carbons (Fsp3) is 0. The van der Waals surface area contributed by atoms with Gasteiger partial charge in [-0.3, -0.25) is 4.98 Å². The number of nitrogens with zero attached hydrogens (tertiary/aromatic N) is 6. The minimum Gasteiger partial charge on any atom is -0.503 e. The minimum atomic E-state index is 0. The standard InChI is InChI=1S/C41H22N6O2S.2Pd/c1-3-17-43-36(11-1)27-7-5-9-30(19-27)48-32-13-15-34-35-16-14-33(49-31-10-6-8-28(20-31)37-12-2-4-18-44-37)22-39(35)47(38(34)21-32)41-45-23-29(24-46-41)40-25-42-26-50-40;;/h1-18,23-26H;;/q-4;2*+2. The SMILES string of the molecule is [Pd+2].[Pd+2].[c-]1c(Oc2[c-]c3c(cc2)c2ccc(Oc4[c-]c(-c5ccccn5)ccc4)[c-]c2n3-c2ncc(-c3cncs3)cn2)cccc1-c1ccccn1. The first-order chi connectivity index (χ1) is 24.7. The summed E-state index contributed by atoms with van der Waals surface area (Å²) in [6.45, 7) is 0. The molecule has 0 saturated heterocycles. The predicted molar refractivity (Wildman–Crippen MR) is 192 cm³/mol. The van der Waals surface area contributed by atoms with Gasteiger partial charge in [0.15, 0.2) is 0 Å². The molecule has 11 heteroatoms. The van der Waals surface area contributed by atoms with E-state index in [1.807, 2.05) is 102 Å². The van der Waals surface area contributed by atoms with Crippen LogP contribution < -0.4 is 9.47 Å². The molecule has 0 aliphatic carbocycles. The van der Waals surface area contributed by atoms with Crippen molar-refractivity contribution >= 4 is 33.1 Å². The summed E-state index contributed by atoms with van der Waals surface area (Å²) in [4.78, 5) is 23.6. The number of hydrogen-bond acceptors (Lipinski definition) is 8. The number of pyridine rings is 2. The summed E-state index contributed by atoms with van der Waals surface area (Å²) in [5, 5.41) is 1.86. The van der Waals surface area contributed by atoms with E-state index >= 15 is 0 Å². The van der Waals surface area contributed by atoms with Crippen molar-refractivity contribution in [2.24, 2.45) is 0 Å². The van der Waals surface area contributed by atoms with Gasteiger partial charge < -0.3 is 24.0 Å². The topological polar surface area (TPSA) is 87.8 Å². The first-order valence-corrected chi connectivity index (χ1v) is 16.5.